The molecule has 1 aromatic carbocycles. The number of hydrogen-bond acceptors (Lipinski definition) is 2. The second kappa shape index (κ2) is 5.83. The molecule has 0 fully saturated rings. The van der Waals surface area contributed by atoms with Crippen molar-refractivity contribution in [3.8, 4) is 0 Å². The maximum absolute atomic E-state index is 12.0. The zero-order valence-electron chi connectivity index (χ0n) is 11.8. The van der Waals surface area contributed by atoms with E-state index in [-0.39, 0.29) is 5.78 Å². The minimum Gasteiger partial charge on any atom is -0.299 e. The summed E-state index contributed by atoms with van der Waals surface area (Å²) in [7, 11) is 1.89. The predicted molar refractivity (Wildman–Crippen MR) is 76.2 cm³/mol. The van der Waals surface area contributed by atoms with E-state index >= 15 is 0 Å². The minimum absolute atomic E-state index is 0.268. The summed E-state index contributed by atoms with van der Waals surface area (Å²) >= 11 is 0. The van der Waals surface area contributed by atoms with Gasteiger partial charge in [0.2, 0.25) is 0 Å². The highest BCUT2D eigenvalue weighted by molar-refractivity contribution is 5.80. The molecule has 0 aliphatic heterocycles. The zero-order valence-corrected chi connectivity index (χ0v) is 11.8. The molecule has 0 amide bonds. The molecule has 0 radical (unpaired) electrons. The van der Waals surface area contributed by atoms with Gasteiger partial charge in [-0.1, -0.05) is 29.8 Å². The molecule has 0 aliphatic carbocycles. The highest BCUT2D eigenvalue weighted by Gasteiger charge is 2.08. The van der Waals surface area contributed by atoms with Crippen LogP contribution in [-0.4, -0.2) is 15.6 Å². The molecule has 3 nitrogen and oxygen atoms in total. The smallest absolute Gasteiger partial charge is 0.139 e. The van der Waals surface area contributed by atoms with Crippen molar-refractivity contribution in [2.24, 2.45) is 7.05 Å². The van der Waals surface area contributed by atoms with E-state index in [0.717, 1.165) is 17.8 Å². The summed E-state index contributed by atoms with van der Waals surface area (Å²) < 4.78 is 1.79. The van der Waals surface area contributed by atoms with E-state index in [9.17, 15) is 4.79 Å². The van der Waals surface area contributed by atoms with Crippen molar-refractivity contribution in [3.05, 3.63) is 52.8 Å². The molecule has 0 spiro atoms. The Kier molecular flexibility index (Phi) is 4.15. The minimum atomic E-state index is 0.268. The van der Waals surface area contributed by atoms with Gasteiger partial charge in [0, 0.05) is 25.6 Å². The normalized spacial score (nSPS) is 10.7. The summed E-state index contributed by atoms with van der Waals surface area (Å²) in [5, 5.41) is 4.26. The van der Waals surface area contributed by atoms with Gasteiger partial charge in [0.15, 0.2) is 0 Å². The Balaban J connectivity index is 1.90. The molecule has 0 bridgehead atoms. The number of ketones is 1. The fourth-order valence-corrected chi connectivity index (χ4v) is 2.27. The van der Waals surface area contributed by atoms with E-state index in [2.05, 4.69) is 30.2 Å². The van der Waals surface area contributed by atoms with Gasteiger partial charge in [-0.3, -0.25) is 9.48 Å². The number of Topliss-reactive ketones (excluding diaryl/α,β-unsaturated/α-hetero) is 1. The van der Waals surface area contributed by atoms with Crippen LogP contribution in [-0.2, 0) is 24.7 Å². The van der Waals surface area contributed by atoms with E-state index in [4.69, 9.17) is 0 Å². The molecule has 2 aromatic rings. The Bertz CT molecular complexity index is 584. The maximum atomic E-state index is 12.0. The Hall–Kier alpha value is -1.90. The third kappa shape index (κ3) is 3.78. The number of carbonyl (C=O) groups is 1. The first-order valence-corrected chi connectivity index (χ1v) is 6.61. The zero-order chi connectivity index (χ0) is 13.8. The Labute approximate surface area is 114 Å². The molecule has 19 heavy (non-hydrogen) atoms. The lowest BCUT2D eigenvalue weighted by molar-refractivity contribution is -0.118. The van der Waals surface area contributed by atoms with Crippen LogP contribution in [0.15, 0.2) is 30.3 Å². The van der Waals surface area contributed by atoms with Crippen LogP contribution in [0.3, 0.4) is 0 Å². The average molecular weight is 256 g/mol. The number of rotatable bonds is 5. The molecule has 2 rings (SSSR count). The standard InChI is InChI=1S/C16H20N2O/c1-12-5-4-6-14(9-12)7-8-16(19)11-15-10-13(2)17-18(15)3/h4-6,9-10H,7-8,11H2,1-3H3. The summed E-state index contributed by atoms with van der Waals surface area (Å²) in [5.41, 5.74) is 4.43. The number of benzene rings is 1. The molecule has 3 heteroatoms. The van der Waals surface area contributed by atoms with Crippen LogP contribution in [0.5, 0.6) is 0 Å². The van der Waals surface area contributed by atoms with Crippen molar-refractivity contribution >= 4 is 5.78 Å². The molecular formula is C16H20N2O. The fourth-order valence-electron chi connectivity index (χ4n) is 2.27. The van der Waals surface area contributed by atoms with E-state index < -0.39 is 0 Å². The van der Waals surface area contributed by atoms with E-state index in [1.807, 2.05) is 26.1 Å². The first-order valence-electron chi connectivity index (χ1n) is 6.61. The van der Waals surface area contributed by atoms with Crippen molar-refractivity contribution in [2.75, 3.05) is 0 Å². The van der Waals surface area contributed by atoms with Gasteiger partial charge in [0.1, 0.15) is 5.78 Å². The lowest BCUT2D eigenvalue weighted by Gasteiger charge is -2.03. The maximum Gasteiger partial charge on any atom is 0.139 e. The second-order valence-electron chi connectivity index (χ2n) is 5.11. The van der Waals surface area contributed by atoms with Crippen LogP contribution < -0.4 is 0 Å². The van der Waals surface area contributed by atoms with Crippen LogP contribution in [0.1, 0.15) is 28.9 Å². The van der Waals surface area contributed by atoms with Gasteiger partial charge in [0.25, 0.3) is 0 Å². The Morgan fingerprint density at radius 3 is 2.68 bits per heavy atom. The number of aryl methyl sites for hydroxylation is 4. The summed E-state index contributed by atoms with van der Waals surface area (Å²) in [5.74, 6) is 0.268. The quantitative estimate of drug-likeness (QED) is 0.824. The summed E-state index contributed by atoms with van der Waals surface area (Å²) in [6, 6.07) is 10.3. The van der Waals surface area contributed by atoms with Gasteiger partial charge in [-0.25, -0.2) is 0 Å². The van der Waals surface area contributed by atoms with Gasteiger partial charge < -0.3 is 0 Å². The monoisotopic (exact) mass is 256 g/mol. The van der Waals surface area contributed by atoms with Crippen LogP contribution in [0.25, 0.3) is 0 Å². The first kappa shape index (κ1) is 13.5. The molecule has 100 valence electrons. The largest absolute Gasteiger partial charge is 0.299 e. The van der Waals surface area contributed by atoms with Crippen molar-refractivity contribution in [1.82, 2.24) is 9.78 Å². The van der Waals surface area contributed by atoms with Gasteiger partial charge in [-0.2, -0.15) is 5.10 Å². The number of carbonyl (C=O) groups excluding carboxylic acids is 1. The fraction of sp³-hybridized carbons (Fsp3) is 0.375. The van der Waals surface area contributed by atoms with Crippen LogP contribution >= 0.6 is 0 Å². The number of nitrogens with zero attached hydrogens (tertiary/aromatic N) is 2. The van der Waals surface area contributed by atoms with Crippen molar-refractivity contribution < 1.29 is 4.79 Å². The summed E-state index contributed by atoms with van der Waals surface area (Å²) in [6.07, 6.45) is 1.88. The van der Waals surface area contributed by atoms with E-state index in [1.165, 1.54) is 11.1 Å². The highest BCUT2D eigenvalue weighted by Crippen LogP contribution is 2.09. The van der Waals surface area contributed by atoms with Crippen LogP contribution in [0.4, 0.5) is 0 Å². The number of hydrogen-bond donors (Lipinski definition) is 0. The molecule has 0 unspecified atom stereocenters. The highest BCUT2D eigenvalue weighted by atomic mass is 16.1. The Morgan fingerprint density at radius 2 is 2.05 bits per heavy atom. The van der Waals surface area contributed by atoms with Crippen molar-refractivity contribution in [1.29, 1.82) is 0 Å². The van der Waals surface area contributed by atoms with E-state index in [0.29, 0.717) is 12.8 Å². The lowest BCUT2D eigenvalue weighted by Crippen LogP contribution is -2.08. The SMILES string of the molecule is Cc1cccc(CCC(=O)Cc2cc(C)nn2C)c1. The van der Waals surface area contributed by atoms with Crippen LogP contribution in [0.2, 0.25) is 0 Å². The Morgan fingerprint density at radius 1 is 1.26 bits per heavy atom. The molecule has 1 aromatic heterocycles. The van der Waals surface area contributed by atoms with E-state index in [1.54, 1.807) is 4.68 Å². The topological polar surface area (TPSA) is 34.9 Å². The van der Waals surface area contributed by atoms with Crippen LogP contribution in [0, 0.1) is 13.8 Å². The van der Waals surface area contributed by atoms with Gasteiger partial charge in [-0.05, 0) is 31.9 Å². The third-order valence-electron chi connectivity index (χ3n) is 3.25. The van der Waals surface area contributed by atoms with Gasteiger partial charge >= 0.3 is 0 Å². The predicted octanol–water partition coefficient (Wildman–Crippen LogP) is 2.78. The second-order valence-corrected chi connectivity index (χ2v) is 5.11. The summed E-state index contributed by atoms with van der Waals surface area (Å²) in [6.45, 7) is 4.02. The molecule has 1 heterocycles. The lowest BCUT2D eigenvalue weighted by atomic mass is 10.0. The molecule has 0 aliphatic rings. The molecule has 0 saturated carbocycles. The molecular weight excluding hydrogens is 236 g/mol. The third-order valence-corrected chi connectivity index (χ3v) is 3.25. The number of aromatic nitrogens is 2. The average Bonchev–Trinajstić information content (AvgIpc) is 2.65. The first-order chi connectivity index (χ1) is 9.04. The molecule has 0 saturated heterocycles. The van der Waals surface area contributed by atoms with Gasteiger partial charge in [-0.15, -0.1) is 0 Å². The van der Waals surface area contributed by atoms with Crippen molar-refractivity contribution in [3.63, 3.8) is 0 Å². The molecule has 0 N–H and O–H groups in total. The molecule has 0 atom stereocenters. The summed E-state index contributed by atoms with van der Waals surface area (Å²) in [4.78, 5) is 12.0. The van der Waals surface area contributed by atoms with Crippen molar-refractivity contribution in [2.45, 2.75) is 33.1 Å². The van der Waals surface area contributed by atoms with Gasteiger partial charge in [0.05, 0.1) is 5.69 Å².